The average molecular weight is 784 g/mol. The molecule has 2 atom stereocenters. The number of unbranched alkanes of at least 4 members (excludes halogenated alkanes) is 1. The smallest absolute Gasteiger partial charge is 0.409 e. The molecule has 3 fully saturated rings. The molecule has 0 unspecified atom stereocenters. The number of hydrogen-bond donors (Lipinski definition) is 2. The number of hydrogen-bond acceptors (Lipinski definition) is 8. The number of nitrogens with two attached hydrogens (primary N) is 1. The molecule has 1 aliphatic carbocycles. The third kappa shape index (κ3) is 9.78. The number of amides is 2. The lowest BCUT2D eigenvalue weighted by Gasteiger charge is -2.43. The van der Waals surface area contributed by atoms with Crippen LogP contribution in [0.1, 0.15) is 68.2 Å². The number of aryl methyl sites for hydroxylation is 1. The molecule has 0 bridgehead atoms. The number of rotatable bonds is 14. The van der Waals surface area contributed by atoms with Gasteiger partial charge in [0.15, 0.2) is 11.5 Å². The normalized spacial score (nSPS) is 22.3. The zero-order valence-corrected chi connectivity index (χ0v) is 33.2. The third-order valence-corrected chi connectivity index (χ3v) is 13.3. The quantitative estimate of drug-likeness (QED) is 0.126. The number of nitrogens with zero attached hydrogens (tertiary/aromatic N) is 3. The van der Waals surface area contributed by atoms with Crippen molar-refractivity contribution in [1.29, 1.82) is 0 Å². The van der Waals surface area contributed by atoms with E-state index in [1.54, 1.807) is 27.2 Å². The van der Waals surface area contributed by atoms with Gasteiger partial charge in [-0.15, -0.1) is 11.3 Å². The summed E-state index contributed by atoms with van der Waals surface area (Å²) in [6.07, 6.45) is 8.17. The van der Waals surface area contributed by atoms with Crippen molar-refractivity contribution in [2.45, 2.75) is 88.9 Å². The number of thiophene rings is 1. The standard InChI is InChI=1S/C44H54ClN5O4S/c45-41-36-13-5-4-11-33(36)15-18-40(41)54-43(53)49-26-27-50(38(30-49)39(51)17-16-35-12-8-28-55-35)42(52)37(14-6-7-24-46)47-34-19-21-44(22-20-34)23-25-48(31-44)29-32-9-2-1-3-10-32/h1-5,8-13,15,18,28,34,37-38,47H,6-7,14,16-17,19-27,29-31,46H2/t34?,37-,38+,44?/m1/s1. The van der Waals surface area contributed by atoms with E-state index in [4.69, 9.17) is 22.1 Å². The number of ketones is 1. The number of fused-ring (bicyclic) bond motifs is 1. The summed E-state index contributed by atoms with van der Waals surface area (Å²) in [6, 6.07) is 25.0. The van der Waals surface area contributed by atoms with E-state index < -0.39 is 18.2 Å². The van der Waals surface area contributed by atoms with Crippen molar-refractivity contribution in [1.82, 2.24) is 20.0 Å². The zero-order valence-electron chi connectivity index (χ0n) is 31.7. The van der Waals surface area contributed by atoms with Crippen molar-refractivity contribution >= 4 is 51.5 Å². The Morgan fingerprint density at radius 2 is 1.73 bits per heavy atom. The van der Waals surface area contributed by atoms with E-state index in [-0.39, 0.29) is 49.5 Å². The van der Waals surface area contributed by atoms with Gasteiger partial charge in [-0.3, -0.25) is 14.5 Å². The van der Waals surface area contributed by atoms with Crippen LogP contribution in [0.2, 0.25) is 5.02 Å². The molecule has 9 nitrogen and oxygen atoms in total. The van der Waals surface area contributed by atoms with Crippen LogP contribution in [0.3, 0.4) is 0 Å². The number of benzene rings is 3. The number of ether oxygens (including phenoxy) is 1. The molecule has 2 amide bonds. The van der Waals surface area contributed by atoms with E-state index in [2.05, 4.69) is 40.5 Å². The van der Waals surface area contributed by atoms with E-state index in [0.29, 0.717) is 29.8 Å². The average Bonchev–Trinajstić information content (AvgIpc) is 3.89. The van der Waals surface area contributed by atoms with Crippen LogP contribution in [0.25, 0.3) is 10.8 Å². The summed E-state index contributed by atoms with van der Waals surface area (Å²) in [4.78, 5) is 49.3. The summed E-state index contributed by atoms with van der Waals surface area (Å²) in [6.45, 7) is 4.39. The minimum absolute atomic E-state index is 0.0513. The van der Waals surface area contributed by atoms with Gasteiger partial charge in [0.2, 0.25) is 5.91 Å². The lowest BCUT2D eigenvalue weighted by atomic mass is 9.72. The van der Waals surface area contributed by atoms with Gasteiger partial charge >= 0.3 is 6.09 Å². The Labute approximate surface area is 334 Å². The molecule has 0 radical (unpaired) electrons. The highest BCUT2D eigenvalue weighted by molar-refractivity contribution is 7.09. The number of piperazine rings is 1. The topological polar surface area (TPSA) is 108 Å². The summed E-state index contributed by atoms with van der Waals surface area (Å²) in [5, 5.41) is 7.90. The van der Waals surface area contributed by atoms with Gasteiger partial charge in [0.1, 0.15) is 6.04 Å². The highest BCUT2D eigenvalue weighted by Crippen LogP contribution is 2.44. The molecule has 55 heavy (non-hydrogen) atoms. The maximum absolute atomic E-state index is 14.6. The van der Waals surface area contributed by atoms with E-state index >= 15 is 0 Å². The van der Waals surface area contributed by atoms with Gasteiger partial charge in [-0.25, -0.2) is 4.79 Å². The second kappa shape index (κ2) is 18.4. The first-order valence-corrected chi connectivity index (χ1v) is 21.3. The second-order valence-corrected chi connectivity index (χ2v) is 17.1. The van der Waals surface area contributed by atoms with Crippen LogP contribution in [0.5, 0.6) is 5.75 Å². The minimum Gasteiger partial charge on any atom is -0.409 e. The predicted molar refractivity (Wildman–Crippen MR) is 221 cm³/mol. The molecule has 2 aliphatic heterocycles. The number of nitrogens with one attached hydrogen (secondary N) is 1. The van der Waals surface area contributed by atoms with E-state index in [1.165, 1.54) is 12.0 Å². The molecular weight excluding hydrogens is 730 g/mol. The number of carbonyl (C=O) groups excluding carboxylic acids is 3. The summed E-state index contributed by atoms with van der Waals surface area (Å²) in [5.41, 5.74) is 7.60. The van der Waals surface area contributed by atoms with Crippen LogP contribution in [0.4, 0.5) is 4.79 Å². The summed E-state index contributed by atoms with van der Waals surface area (Å²) >= 11 is 8.30. The van der Waals surface area contributed by atoms with Gasteiger partial charge in [0.05, 0.1) is 17.6 Å². The molecule has 1 saturated carbocycles. The molecule has 11 heteroatoms. The Morgan fingerprint density at radius 1 is 0.927 bits per heavy atom. The van der Waals surface area contributed by atoms with Crippen LogP contribution in [0.15, 0.2) is 84.2 Å². The predicted octanol–water partition coefficient (Wildman–Crippen LogP) is 7.69. The van der Waals surface area contributed by atoms with Crippen molar-refractivity contribution in [3.05, 3.63) is 99.7 Å². The fraction of sp³-hybridized carbons (Fsp3) is 0.477. The summed E-state index contributed by atoms with van der Waals surface area (Å²) in [5.74, 6) is 0.154. The van der Waals surface area contributed by atoms with E-state index in [1.807, 2.05) is 47.8 Å². The second-order valence-electron chi connectivity index (χ2n) is 15.7. The molecule has 1 aromatic heterocycles. The van der Waals surface area contributed by atoms with Crippen molar-refractivity contribution in [2.24, 2.45) is 11.1 Å². The Kier molecular flexibility index (Phi) is 13.2. The first-order chi connectivity index (χ1) is 26.8. The molecule has 3 aliphatic rings. The highest BCUT2D eigenvalue weighted by Gasteiger charge is 2.43. The first-order valence-electron chi connectivity index (χ1n) is 20.0. The molecule has 1 spiro atoms. The van der Waals surface area contributed by atoms with Crippen molar-refractivity contribution in [2.75, 3.05) is 39.3 Å². The van der Waals surface area contributed by atoms with Crippen molar-refractivity contribution in [3.63, 3.8) is 0 Å². The number of Topliss-reactive ketones (excluding diaryl/α,β-unsaturated/α-hetero) is 1. The molecule has 2 saturated heterocycles. The number of carbonyl (C=O) groups is 3. The zero-order chi connectivity index (χ0) is 38.2. The largest absolute Gasteiger partial charge is 0.415 e. The maximum Gasteiger partial charge on any atom is 0.415 e. The number of likely N-dealkylation sites (tertiary alicyclic amines) is 1. The highest BCUT2D eigenvalue weighted by atomic mass is 35.5. The molecular formula is C44H54ClN5O4S. The third-order valence-electron chi connectivity index (χ3n) is 12.0. The van der Waals surface area contributed by atoms with E-state index in [0.717, 1.165) is 73.8 Å². The minimum atomic E-state index is -0.775. The maximum atomic E-state index is 14.6. The van der Waals surface area contributed by atoms with Crippen LogP contribution in [-0.2, 0) is 22.6 Å². The molecule has 292 valence electrons. The SMILES string of the molecule is NCCCC[C@@H](NC1CCC2(CC1)CCN(Cc1ccccc1)C2)C(=O)N1CCN(C(=O)Oc2ccc3ccccc3c2Cl)C[C@H]1C(=O)CCc1cccs1. The Morgan fingerprint density at radius 3 is 2.51 bits per heavy atom. The van der Waals surface area contributed by atoms with Gasteiger partial charge < -0.3 is 25.6 Å². The first kappa shape index (κ1) is 39.4. The summed E-state index contributed by atoms with van der Waals surface area (Å²) < 4.78 is 5.84. The molecule has 3 aromatic carbocycles. The van der Waals surface area contributed by atoms with Gasteiger partial charge in [0.25, 0.3) is 0 Å². The van der Waals surface area contributed by atoms with Gasteiger partial charge in [0, 0.05) is 48.9 Å². The van der Waals surface area contributed by atoms with Crippen LogP contribution in [0, 0.1) is 5.41 Å². The summed E-state index contributed by atoms with van der Waals surface area (Å²) in [7, 11) is 0. The molecule has 3 N–H and O–H groups in total. The van der Waals surface area contributed by atoms with Crippen LogP contribution in [-0.4, -0.2) is 89.9 Å². The van der Waals surface area contributed by atoms with E-state index in [9.17, 15) is 14.4 Å². The Hall–Kier alpha value is -3.80. The Balaban J connectivity index is 1.02. The van der Waals surface area contributed by atoms with Gasteiger partial charge in [-0.05, 0) is 98.3 Å². The van der Waals surface area contributed by atoms with Gasteiger partial charge in [-0.2, -0.15) is 0 Å². The van der Waals surface area contributed by atoms with Crippen LogP contribution >= 0.6 is 22.9 Å². The van der Waals surface area contributed by atoms with Gasteiger partial charge in [-0.1, -0.05) is 84.8 Å². The van der Waals surface area contributed by atoms with Crippen LogP contribution < -0.4 is 15.8 Å². The Bertz CT molecular complexity index is 1900. The monoisotopic (exact) mass is 783 g/mol. The number of halogens is 1. The van der Waals surface area contributed by atoms with Crippen molar-refractivity contribution < 1.29 is 19.1 Å². The molecule has 4 aromatic rings. The molecule has 3 heterocycles. The molecule has 7 rings (SSSR count). The van der Waals surface area contributed by atoms with Crippen molar-refractivity contribution in [3.8, 4) is 5.75 Å². The fourth-order valence-corrected chi connectivity index (χ4v) is 9.85. The fourth-order valence-electron chi connectivity index (χ4n) is 8.87. The lowest BCUT2D eigenvalue weighted by Crippen LogP contribution is -2.63. The lowest BCUT2D eigenvalue weighted by molar-refractivity contribution is -0.144.